The summed E-state index contributed by atoms with van der Waals surface area (Å²) in [6, 6.07) is -0.535. The lowest BCUT2D eigenvalue weighted by Crippen LogP contribution is -2.45. The van der Waals surface area contributed by atoms with Crippen LogP contribution < -0.4 is 5.32 Å². The predicted octanol–water partition coefficient (Wildman–Crippen LogP) is 23.8. The van der Waals surface area contributed by atoms with Crippen molar-refractivity contribution in [3.8, 4) is 0 Å². The lowest BCUT2D eigenvalue weighted by atomic mass is 10.0. The normalized spacial score (nSPS) is 12.7. The monoisotopic (exact) mass is 1050 g/mol. The molecule has 0 fully saturated rings. The van der Waals surface area contributed by atoms with Crippen molar-refractivity contribution >= 4 is 5.91 Å². The Morgan fingerprint density at radius 2 is 0.547 bits per heavy atom. The topological polar surface area (TPSA) is 69.6 Å². The summed E-state index contributed by atoms with van der Waals surface area (Å²) in [4.78, 5) is 12.6. The van der Waals surface area contributed by atoms with Gasteiger partial charge in [-0.2, -0.15) is 0 Å². The highest BCUT2D eigenvalue weighted by Gasteiger charge is 2.20. The van der Waals surface area contributed by atoms with Crippen LogP contribution in [0.25, 0.3) is 0 Å². The molecule has 0 heterocycles. The van der Waals surface area contributed by atoms with E-state index in [1.54, 1.807) is 0 Å². The van der Waals surface area contributed by atoms with Crippen molar-refractivity contribution in [1.29, 1.82) is 0 Å². The van der Waals surface area contributed by atoms with Crippen LogP contribution >= 0.6 is 0 Å². The van der Waals surface area contributed by atoms with Gasteiger partial charge in [0.15, 0.2) is 0 Å². The van der Waals surface area contributed by atoms with Crippen LogP contribution in [0.4, 0.5) is 0 Å². The molecule has 4 heteroatoms. The quantitative estimate of drug-likeness (QED) is 0.0420. The molecule has 2 unspecified atom stereocenters. The summed E-state index contributed by atoms with van der Waals surface area (Å²) >= 11 is 0. The standard InChI is InChI=1S/C71H139NO3/c1-3-5-7-9-11-13-15-17-19-21-23-25-27-29-31-33-34-35-36-37-38-39-41-43-45-47-49-51-53-55-57-59-61-63-65-67-71(75)72-69(68-73)70(74)66-64-62-60-58-56-54-52-50-48-46-44-42-40-32-30-28-26-24-22-20-18-16-14-12-10-8-6-4-2/h15,17,21,23,69-70,73-74H,3-14,16,18-20,22,24-68H2,1-2H3,(H,72,75)/b17-15-,23-21-. The number of hydrogen-bond donors (Lipinski definition) is 3. The minimum absolute atomic E-state index is 0.0213. The molecular weight excluding hydrogens is 915 g/mol. The fraction of sp³-hybridized carbons (Fsp3) is 0.930. The Bertz CT molecular complexity index is 1100. The Morgan fingerprint density at radius 1 is 0.320 bits per heavy atom. The molecule has 75 heavy (non-hydrogen) atoms. The van der Waals surface area contributed by atoms with Crippen LogP contribution in [0.2, 0.25) is 0 Å². The number of nitrogens with one attached hydrogen (secondary N) is 1. The summed E-state index contributed by atoms with van der Waals surface area (Å²) in [5, 5.41) is 23.5. The summed E-state index contributed by atoms with van der Waals surface area (Å²) in [6.07, 6.45) is 91.0. The van der Waals surface area contributed by atoms with Crippen LogP contribution in [0.1, 0.15) is 406 Å². The summed E-state index contributed by atoms with van der Waals surface area (Å²) in [7, 11) is 0. The van der Waals surface area contributed by atoms with Crippen molar-refractivity contribution in [3.63, 3.8) is 0 Å². The van der Waals surface area contributed by atoms with Crippen LogP contribution in [-0.2, 0) is 4.79 Å². The number of amides is 1. The predicted molar refractivity (Wildman–Crippen MR) is 336 cm³/mol. The van der Waals surface area contributed by atoms with E-state index in [9.17, 15) is 15.0 Å². The van der Waals surface area contributed by atoms with Crippen LogP contribution in [-0.4, -0.2) is 34.9 Å². The van der Waals surface area contributed by atoms with E-state index in [1.807, 2.05) is 0 Å². The van der Waals surface area contributed by atoms with E-state index in [0.717, 1.165) is 32.1 Å². The average Bonchev–Trinajstić information content (AvgIpc) is 3.41. The van der Waals surface area contributed by atoms with Crippen molar-refractivity contribution < 1.29 is 15.0 Å². The lowest BCUT2D eigenvalue weighted by molar-refractivity contribution is -0.123. The highest BCUT2D eigenvalue weighted by Crippen LogP contribution is 2.19. The number of aliphatic hydroxyl groups excluding tert-OH is 2. The van der Waals surface area contributed by atoms with E-state index < -0.39 is 12.1 Å². The maximum atomic E-state index is 12.6. The molecule has 446 valence electrons. The molecule has 0 radical (unpaired) electrons. The highest BCUT2D eigenvalue weighted by atomic mass is 16.3. The number of carbonyl (C=O) groups excluding carboxylic acids is 1. The van der Waals surface area contributed by atoms with Crippen LogP contribution in [0.15, 0.2) is 24.3 Å². The SMILES string of the molecule is CCCCCCC/C=C\C/C=C\CCCCCCCCCCCCCCCCCCCCCCCCCC(=O)NC(CO)C(O)CCCCCCCCCCCCCCCCCCCCCCCCCCCCCC. The molecule has 0 aromatic heterocycles. The zero-order chi connectivity index (χ0) is 54.1. The Kier molecular flexibility index (Phi) is 66.1. The zero-order valence-corrected chi connectivity index (χ0v) is 51.6. The largest absolute Gasteiger partial charge is 0.394 e. The van der Waals surface area contributed by atoms with Gasteiger partial charge in [-0.15, -0.1) is 0 Å². The van der Waals surface area contributed by atoms with Crippen LogP contribution in [0.3, 0.4) is 0 Å². The molecule has 2 atom stereocenters. The maximum absolute atomic E-state index is 12.6. The van der Waals surface area contributed by atoms with Gasteiger partial charge >= 0.3 is 0 Å². The molecule has 0 saturated heterocycles. The Balaban J connectivity index is 3.37. The van der Waals surface area contributed by atoms with E-state index in [0.29, 0.717) is 12.8 Å². The van der Waals surface area contributed by atoms with Crippen molar-refractivity contribution in [2.45, 2.75) is 418 Å². The summed E-state index contributed by atoms with van der Waals surface area (Å²) in [5.74, 6) is -0.0213. The Labute approximate surface area is 472 Å². The third kappa shape index (κ3) is 63.6. The van der Waals surface area contributed by atoms with Gasteiger partial charge < -0.3 is 15.5 Å². The number of carbonyl (C=O) groups is 1. The van der Waals surface area contributed by atoms with Gasteiger partial charge in [0.2, 0.25) is 5.91 Å². The fourth-order valence-electron chi connectivity index (χ4n) is 11.4. The molecule has 0 saturated carbocycles. The highest BCUT2D eigenvalue weighted by molar-refractivity contribution is 5.76. The molecule has 0 aliphatic carbocycles. The second-order valence-electron chi connectivity index (χ2n) is 24.3. The van der Waals surface area contributed by atoms with Gasteiger partial charge in [0, 0.05) is 6.42 Å². The molecule has 3 N–H and O–H groups in total. The Hall–Kier alpha value is -1.13. The molecule has 0 aromatic carbocycles. The maximum Gasteiger partial charge on any atom is 0.220 e. The van der Waals surface area contributed by atoms with Crippen LogP contribution in [0.5, 0.6) is 0 Å². The van der Waals surface area contributed by atoms with Gasteiger partial charge in [-0.3, -0.25) is 4.79 Å². The van der Waals surface area contributed by atoms with Gasteiger partial charge in [-0.1, -0.05) is 378 Å². The number of aliphatic hydroxyl groups is 2. The molecule has 0 aliphatic rings. The molecule has 1 amide bonds. The molecule has 0 bridgehead atoms. The van der Waals surface area contributed by atoms with Gasteiger partial charge in [0.25, 0.3) is 0 Å². The second kappa shape index (κ2) is 67.1. The average molecular weight is 1050 g/mol. The summed E-state index contributed by atoms with van der Waals surface area (Å²) in [5.41, 5.74) is 0. The molecule has 0 spiro atoms. The smallest absolute Gasteiger partial charge is 0.220 e. The fourth-order valence-corrected chi connectivity index (χ4v) is 11.4. The minimum Gasteiger partial charge on any atom is -0.394 e. The molecule has 4 nitrogen and oxygen atoms in total. The number of unbranched alkanes of at least 4 members (excludes halogenated alkanes) is 55. The van der Waals surface area contributed by atoms with Gasteiger partial charge in [0.05, 0.1) is 18.8 Å². The van der Waals surface area contributed by atoms with E-state index in [1.165, 1.54) is 347 Å². The first-order valence-electron chi connectivity index (χ1n) is 35.0. The van der Waals surface area contributed by atoms with Gasteiger partial charge in [-0.05, 0) is 44.9 Å². The van der Waals surface area contributed by atoms with Crippen molar-refractivity contribution in [2.24, 2.45) is 0 Å². The first-order valence-corrected chi connectivity index (χ1v) is 35.0. The number of rotatable bonds is 66. The number of hydrogen-bond acceptors (Lipinski definition) is 3. The molecule has 0 rings (SSSR count). The minimum atomic E-state index is -0.659. The first kappa shape index (κ1) is 73.9. The van der Waals surface area contributed by atoms with Crippen molar-refractivity contribution in [2.75, 3.05) is 6.61 Å². The zero-order valence-electron chi connectivity index (χ0n) is 51.6. The third-order valence-corrected chi connectivity index (χ3v) is 16.7. The lowest BCUT2D eigenvalue weighted by Gasteiger charge is -2.22. The third-order valence-electron chi connectivity index (χ3n) is 16.7. The summed E-state index contributed by atoms with van der Waals surface area (Å²) < 4.78 is 0. The van der Waals surface area contributed by atoms with E-state index >= 15 is 0 Å². The summed E-state index contributed by atoms with van der Waals surface area (Å²) in [6.45, 7) is 4.40. The van der Waals surface area contributed by atoms with E-state index in [4.69, 9.17) is 0 Å². The van der Waals surface area contributed by atoms with Crippen molar-refractivity contribution in [1.82, 2.24) is 5.32 Å². The molecule has 0 aromatic rings. The van der Waals surface area contributed by atoms with E-state index in [2.05, 4.69) is 43.5 Å². The second-order valence-corrected chi connectivity index (χ2v) is 24.3. The Morgan fingerprint density at radius 3 is 0.800 bits per heavy atom. The molecular formula is C71H139NO3. The molecule has 0 aliphatic heterocycles. The van der Waals surface area contributed by atoms with Gasteiger partial charge in [-0.25, -0.2) is 0 Å². The first-order chi connectivity index (χ1) is 37.2. The van der Waals surface area contributed by atoms with Gasteiger partial charge in [0.1, 0.15) is 0 Å². The number of allylic oxidation sites excluding steroid dienone is 4. The van der Waals surface area contributed by atoms with E-state index in [-0.39, 0.29) is 12.5 Å². The van der Waals surface area contributed by atoms with Crippen molar-refractivity contribution in [3.05, 3.63) is 24.3 Å². The van der Waals surface area contributed by atoms with Crippen LogP contribution in [0, 0.1) is 0 Å².